The average molecular weight is 306 g/mol. The third-order valence-electron chi connectivity index (χ3n) is 4.24. The second-order valence-electron chi connectivity index (χ2n) is 6.34. The largest absolute Gasteiger partial charge is 0.369 e. The number of nitrogens with two attached hydrogens (primary N) is 1. The number of hydrogen-bond acceptors (Lipinski definition) is 1. The molecule has 1 amide bonds. The molecule has 0 bridgehead atoms. The lowest BCUT2D eigenvalue weighted by Crippen LogP contribution is -2.13. The molecule has 0 saturated carbocycles. The van der Waals surface area contributed by atoms with Gasteiger partial charge in [-0.15, -0.1) is 0 Å². The minimum absolute atomic E-state index is 0.278. The normalized spacial score (nSPS) is 11.3. The highest BCUT2D eigenvalue weighted by molar-refractivity contribution is 5.88. The van der Waals surface area contributed by atoms with Crippen LogP contribution in [0, 0.1) is 0 Å². The zero-order valence-electron chi connectivity index (χ0n) is 13.6. The van der Waals surface area contributed by atoms with Crippen molar-refractivity contribution in [1.82, 2.24) is 4.57 Å². The molecule has 0 spiro atoms. The summed E-state index contributed by atoms with van der Waals surface area (Å²) in [7, 11) is 0. The van der Waals surface area contributed by atoms with Crippen molar-refractivity contribution in [2.24, 2.45) is 5.73 Å². The van der Waals surface area contributed by atoms with Crippen LogP contribution in [0.1, 0.15) is 36.5 Å². The van der Waals surface area contributed by atoms with Gasteiger partial charge in [-0.05, 0) is 28.7 Å². The number of primary amides is 1. The van der Waals surface area contributed by atoms with Gasteiger partial charge in [-0.3, -0.25) is 4.79 Å². The summed E-state index contributed by atoms with van der Waals surface area (Å²) in [4.78, 5) is 11.3. The van der Waals surface area contributed by atoms with Crippen LogP contribution in [0.25, 0.3) is 10.9 Å². The van der Waals surface area contributed by atoms with Crippen LogP contribution < -0.4 is 5.73 Å². The Morgan fingerprint density at radius 3 is 2.43 bits per heavy atom. The van der Waals surface area contributed by atoms with E-state index in [1.165, 1.54) is 11.1 Å². The Labute approximate surface area is 136 Å². The van der Waals surface area contributed by atoms with Crippen molar-refractivity contribution in [3.63, 3.8) is 0 Å². The van der Waals surface area contributed by atoms with Gasteiger partial charge in [-0.25, -0.2) is 0 Å². The van der Waals surface area contributed by atoms with Gasteiger partial charge in [0.15, 0.2) is 0 Å². The Morgan fingerprint density at radius 1 is 1.09 bits per heavy atom. The van der Waals surface area contributed by atoms with E-state index < -0.39 is 0 Å². The summed E-state index contributed by atoms with van der Waals surface area (Å²) < 4.78 is 2.19. The molecule has 3 rings (SSSR count). The SMILES string of the molecule is CC(C)c1ccc(Cn2cc(CC(N)=O)c3ccccc32)cc1. The molecule has 3 nitrogen and oxygen atoms in total. The molecule has 2 N–H and O–H groups in total. The lowest BCUT2D eigenvalue weighted by molar-refractivity contribution is -0.117. The minimum Gasteiger partial charge on any atom is -0.369 e. The van der Waals surface area contributed by atoms with Crippen molar-refractivity contribution >= 4 is 16.8 Å². The van der Waals surface area contributed by atoms with E-state index in [0.717, 1.165) is 23.0 Å². The number of carbonyl (C=O) groups is 1. The average Bonchev–Trinajstić information content (AvgIpc) is 2.85. The topological polar surface area (TPSA) is 48.0 Å². The highest BCUT2D eigenvalue weighted by Gasteiger charge is 2.10. The summed E-state index contributed by atoms with van der Waals surface area (Å²) in [6.45, 7) is 5.19. The van der Waals surface area contributed by atoms with E-state index in [-0.39, 0.29) is 12.3 Å². The molecule has 0 fully saturated rings. The zero-order chi connectivity index (χ0) is 16.4. The van der Waals surface area contributed by atoms with Crippen LogP contribution in [-0.4, -0.2) is 10.5 Å². The Bertz CT molecular complexity index is 828. The smallest absolute Gasteiger partial charge is 0.221 e. The van der Waals surface area contributed by atoms with E-state index in [9.17, 15) is 4.79 Å². The number of nitrogens with zero attached hydrogens (tertiary/aromatic N) is 1. The standard InChI is InChI=1S/C20H22N2O/c1-14(2)16-9-7-15(8-10-16)12-22-13-17(11-20(21)23)18-5-3-4-6-19(18)22/h3-10,13-14H,11-12H2,1-2H3,(H2,21,23). The number of aromatic nitrogens is 1. The maximum absolute atomic E-state index is 11.3. The predicted molar refractivity (Wildman–Crippen MR) is 94.5 cm³/mol. The first-order valence-corrected chi connectivity index (χ1v) is 7.98. The molecule has 0 saturated heterocycles. The molecule has 118 valence electrons. The second kappa shape index (κ2) is 6.29. The number of rotatable bonds is 5. The van der Waals surface area contributed by atoms with Crippen LogP contribution in [-0.2, 0) is 17.8 Å². The fourth-order valence-electron chi connectivity index (χ4n) is 2.99. The molecule has 0 atom stereocenters. The highest BCUT2D eigenvalue weighted by Crippen LogP contribution is 2.23. The third-order valence-corrected chi connectivity index (χ3v) is 4.24. The second-order valence-corrected chi connectivity index (χ2v) is 6.34. The number of amides is 1. The maximum atomic E-state index is 11.3. The highest BCUT2D eigenvalue weighted by atomic mass is 16.1. The molecule has 23 heavy (non-hydrogen) atoms. The monoisotopic (exact) mass is 306 g/mol. The Hall–Kier alpha value is -2.55. The molecule has 0 unspecified atom stereocenters. The van der Waals surface area contributed by atoms with E-state index in [2.05, 4.69) is 48.7 Å². The summed E-state index contributed by atoms with van der Waals surface area (Å²) in [6.07, 6.45) is 2.32. The van der Waals surface area contributed by atoms with Crippen LogP contribution in [0.15, 0.2) is 54.7 Å². The van der Waals surface area contributed by atoms with E-state index in [4.69, 9.17) is 5.73 Å². The molecule has 1 aromatic heterocycles. The zero-order valence-corrected chi connectivity index (χ0v) is 13.6. The first-order chi connectivity index (χ1) is 11.0. The molecule has 1 heterocycles. The van der Waals surface area contributed by atoms with E-state index >= 15 is 0 Å². The molecule has 3 heteroatoms. The Kier molecular flexibility index (Phi) is 4.20. The number of para-hydroxylation sites is 1. The summed E-state index contributed by atoms with van der Waals surface area (Å²) >= 11 is 0. The summed E-state index contributed by atoms with van der Waals surface area (Å²) in [5, 5.41) is 1.10. The van der Waals surface area contributed by atoms with Gasteiger partial charge in [0.25, 0.3) is 0 Å². The first-order valence-electron chi connectivity index (χ1n) is 7.98. The van der Waals surface area contributed by atoms with Crippen LogP contribution in [0.2, 0.25) is 0 Å². The van der Waals surface area contributed by atoms with Crippen molar-refractivity contribution in [2.75, 3.05) is 0 Å². The predicted octanol–water partition coefficient (Wildman–Crippen LogP) is 3.84. The minimum atomic E-state index is -0.297. The maximum Gasteiger partial charge on any atom is 0.221 e. The van der Waals surface area contributed by atoms with E-state index in [0.29, 0.717) is 5.92 Å². The van der Waals surface area contributed by atoms with Gasteiger partial charge < -0.3 is 10.3 Å². The Morgan fingerprint density at radius 2 is 1.78 bits per heavy atom. The van der Waals surface area contributed by atoms with Crippen molar-refractivity contribution in [1.29, 1.82) is 0 Å². The molecule has 2 aromatic carbocycles. The number of carbonyl (C=O) groups excluding carboxylic acids is 1. The molecular weight excluding hydrogens is 284 g/mol. The van der Waals surface area contributed by atoms with Crippen LogP contribution in [0.3, 0.4) is 0 Å². The van der Waals surface area contributed by atoms with Gasteiger partial charge in [0, 0.05) is 23.6 Å². The molecule has 0 radical (unpaired) electrons. The van der Waals surface area contributed by atoms with Gasteiger partial charge in [-0.1, -0.05) is 56.3 Å². The van der Waals surface area contributed by atoms with Gasteiger partial charge in [-0.2, -0.15) is 0 Å². The first kappa shape index (κ1) is 15.3. The third kappa shape index (κ3) is 3.29. The number of fused-ring (bicyclic) bond motifs is 1. The van der Waals surface area contributed by atoms with Crippen molar-refractivity contribution in [3.8, 4) is 0 Å². The summed E-state index contributed by atoms with van der Waals surface area (Å²) in [5.41, 5.74) is 10.1. The summed E-state index contributed by atoms with van der Waals surface area (Å²) in [5.74, 6) is 0.243. The molecular formula is C20H22N2O. The summed E-state index contributed by atoms with van der Waals surface area (Å²) in [6, 6.07) is 16.9. The lowest BCUT2D eigenvalue weighted by Gasteiger charge is -2.09. The Balaban J connectivity index is 1.94. The lowest BCUT2D eigenvalue weighted by atomic mass is 10.0. The van der Waals surface area contributed by atoms with Crippen molar-refractivity contribution in [3.05, 3.63) is 71.4 Å². The molecule has 3 aromatic rings. The van der Waals surface area contributed by atoms with Gasteiger partial charge in [0.1, 0.15) is 0 Å². The van der Waals surface area contributed by atoms with E-state index in [1.54, 1.807) is 0 Å². The van der Waals surface area contributed by atoms with Gasteiger partial charge in [0.2, 0.25) is 5.91 Å². The van der Waals surface area contributed by atoms with Crippen molar-refractivity contribution < 1.29 is 4.79 Å². The van der Waals surface area contributed by atoms with Crippen LogP contribution >= 0.6 is 0 Å². The number of benzene rings is 2. The van der Waals surface area contributed by atoms with Crippen LogP contribution in [0.5, 0.6) is 0 Å². The quantitative estimate of drug-likeness (QED) is 0.765. The van der Waals surface area contributed by atoms with Crippen molar-refractivity contribution in [2.45, 2.75) is 32.7 Å². The number of hydrogen-bond donors (Lipinski definition) is 1. The van der Waals surface area contributed by atoms with Crippen LogP contribution in [0.4, 0.5) is 0 Å². The molecule has 0 aliphatic heterocycles. The van der Waals surface area contributed by atoms with Gasteiger partial charge in [0.05, 0.1) is 6.42 Å². The van der Waals surface area contributed by atoms with E-state index in [1.807, 2.05) is 24.4 Å². The fraction of sp³-hybridized carbons (Fsp3) is 0.250. The fourth-order valence-corrected chi connectivity index (χ4v) is 2.99. The molecule has 0 aliphatic carbocycles. The van der Waals surface area contributed by atoms with Gasteiger partial charge >= 0.3 is 0 Å². The molecule has 0 aliphatic rings.